The Bertz CT molecular complexity index is 195. The Labute approximate surface area is 98.7 Å². The monoisotopic (exact) mass is 231 g/mol. The molecule has 0 rings (SSSR count). The number of hydrogen-bond donors (Lipinski definition) is 1. The number of esters is 1. The highest BCUT2D eigenvalue weighted by molar-refractivity contribution is 5.70. The summed E-state index contributed by atoms with van der Waals surface area (Å²) in [5, 5.41) is 3.38. The maximum atomic E-state index is 11.3. The Morgan fingerprint density at radius 1 is 1.31 bits per heavy atom. The highest BCUT2D eigenvalue weighted by atomic mass is 16.5. The quantitative estimate of drug-likeness (QED) is 0.644. The summed E-state index contributed by atoms with van der Waals surface area (Å²) in [6.07, 6.45) is 0.404. The molecule has 0 aliphatic rings. The molecule has 0 aromatic carbocycles. The van der Waals surface area contributed by atoms with Crippen LogP contribution in [0.4, 0.5) is 0 Å². The lowest BCUT2D eigenvalue weighted by Gasteiger charge is -2.25. The molecule has 0 aromatic rings. The third-order valence-electron chi connectivity index (χ3n) is 2.43. The first-order valence-electron chi connectivity index (χ1n) is 5.91. The molecule has 2 atom stereocenters. The number of ether oxygens (including phenoxy) is 2. The zero-order valence-corrected chi connectivity index (χ0v) is 11.1. The number of hydrogen-bond acceptors (Lipinski definition) is 4. The molecular formula is C12H25NO3. The molecule has 0 heterocycles. The highest BCUT2D eigenvalue weighted by Crippen LogP contribution is 2.05. The van der Waals surface area contributed by atoms with Gasteiger partial charge in [-0.15, -0.1) is 0 Å². The van der Waals surface area contributed by atoms with E-state index in [1.807, 2.05) is 13.8 Å². The van der Waals surface area contributed by atoms with E-state index in [4.69, 9.17) is 9.47 Å². The summed E-state index contributed by atoms with van der Waals surface area (Å²) < 4.78 is 10.0. The first kappa shape index (κ1) is 15.4. The van der Waals surface area contributed by atoms with Crippen molar-refractivity contribution in [3.63, 3.8) is 0 Å². The Morgan fingerprint density at radius 2 is 1.94 bits per heavy atom. The van der Waals surface area contributed by atoms with Crippen LogP contribution < -0.4 is 5.32 Å². The summed E-state index contributed by atoms with van der Waals surface area (Å²) in [6, 6.07) is 0.385. The van der Waals surface area contributed by atoms with Gasteiger partial charge in [0.25, 0.3) is 0 Å². The summed E-state index contributed by atoms with van der Waals surface area (Å²) in [5.74, 6) is 0.326. The summed E-state index contributed by atoms with van der Waals surface area (Å²) in [4.78, 5) is 11.3. The van der Waals surface area contributed by atoms with Crippen LogP contribution in [0, 0.1) is 5.92 Å². The Balaban J connectivity index is 3.98. The van der Waals surface area contributed by atoms with Crippen molar-refractivity contribution >= 4 is 5.97 Å². The lowest BCUT2D eigenvalue weighted by atomic mass is 10.0. The molecule has 0 saturated heterocycles. The Hall–Kier alpha value is -0.610. The average molecular weight is 231 g/mol. The molecule has 0 fully saturated rings. The zero-order valence-electron chi connectivity index (χ0n) is 11.1. The smallest absolute Gasteiger partial charge is 0.307 e. The lowest BCUT2D eigenvalue weighted by molar-refractivity contribution is -0.143. The fraction of sp³-hybridized carbons (Fsp3) is 0.917. The predicted molar refractivity (Wildman–Crippen MR) is 64.3 cm³/mol. The van der Waals surface area contributed by atoms with Gasteiger partial charge in [-0.05, 0) is 19.8 Å². The molecule has 0 bridgehead atoms. The van der Waals surface area contributed by atoms with Crippen LogP contribution in [-0.4, -0.2) is 38.4 Å². The molecule has 0 saturated carbocycles. The van der Waals surface area contributed by atoms with E-state index in [2.05, 4.69) is 19.2 Å². The summed E-state index contributed by atoms with van der Waals surface area (Å²) in [7, 11) is 1.69. The van der Waals surface area contributed by atoms with Crippen LogP contribution >= 0.6 is 0 Å². The highest BCUT2D eigenvalue weighted by Gasteiger charge is 2.17. The van der Waals surface area contributed by atoms with Crippen LogP contribution in [0.1, 0.15) is 34.1 Å². The molecule has 16 heavy (non-hydrogen) atoms. The van der Waals surface area contributed by atoms with Crippen molar-refractivity contribution in [2.45, 2.75) is 46.2 Å². The number of carbonyl (C=O) groups excluding carboxylic acids is 1. The number of nitrogens with one attached hydrogen (secondary N) is 1. The van der Waals surface area contributed by atoms with E-state index in [1.165, 1.54) is 0 Å². The van der Waals surface area contributed by atoms with E-state index in [0.717, 1.165) is 0 Å². The Morgan fingerprint density at radius 3 is 2.38 bits per heavy atom. The second-order valence-corrected chi connectivity index (χ2v) is 4.38. The molecule has 2 unspecified atom stereocenters. The molecule has 0 aliphatic heterocycles. The minimum absolute atomic E-state index is 0.113. The standard InChI is InChI=1S/C12H25NO3/c1-6-16-12(14)7-10(4)13-11(8-15-5)9(2)3/h9-11,13H,6-8H2,1-5H3. The van der Waals surface area contributed by atoms with Gasteiger partial charge < -0.3 is 14.8 Å². The van der Waals surface area contributed by atoms with E-state index in [9.17, 15) is 4.79 Å². The second-order valence-electron chi connectivity index (χ2n) is 4.38. The molecule has 0 aromatic heterocycles. The van der Waals surface area contributed by atoms with Gasteiger partial charge in [0.1, 0.15) is 0 Å². The Kier molecular flexibility index (Phi) is 8.21. The maximum absolute atomic E-state index is 11.3. The van der Waals surface area contributed by atoms with E-state index in [1.54, 1.807) is 7.11 Å². The molecule has 4 heteroatoms. The van der Waals surface area contributed by atoms with Gasteiger partial charge in [0.05, 0.1) is 19.6 Å². The zero-order chi connectivity index (χ0) is 12.6. The van der Waals surface area contributed by atoms with E-state index < -0.39 is 0 Å². The summed E-state index contributed by atoms with van der Waals surface area (Å²) in [5.41, 5.74) is 0. The van der Waals surface area contributed by atoms with Crippen molar-refractivity contribution in [2.24, 2.45) is 5.92 Å². The van der Waals surface area contributed by atoms with Gasteiger partial charge in [-0.3, -0.25) is 4.79 Å². The number of carbonyl (C=O) groups is 1. The van der Waals surface area contributed by atoms with Crippen LogP contribution in [0.25, 0.3) is 0 Å². The first-order chi connectivity index (χ1) is 7.51. The minimum Gasteiger partial charge on any atom is -0.466 e. The number of methoxy groups -OCH3 is 1. The molecule has 0 radical (unpaired) electrons. The van der Waals surface area contributed by atoms with E-state index in [-0.39, 0.29) is 18.1 Å². The molecular weight excluding hydrogens is 206 g/mol. The first-order valence-corrected chi connectivity index (χ1v) is 5.91. The normalized spacial score (nSPS) is 14.9. The molecule has 4 nitrogen and oxygen atoms in total. The van der Waals surface area contributed by atoms with Crippen molar-refractivity contribution in [3.8, 4) is 0 Å². The van der Waals surface area contributed by atoms with Crippen molar-refractivity contribution in [1.29, 1.82) is 0 Å². The predicted octanol–water partition coefficient (Wildman–Crippen LogP) is 1.59. The van der Waals surface area contributed by atoms with Crippen LogP contribution in [0.3, 0.4) is 0 Å². The molecule has 1 N–H and O–H groups in total. The third-order valence-corrected chi connectivity index (χ3v) is 2.43. The van der Waals surface area contributed by atoms with Crippen LogP contribution in [-0.2, 0) is 14.3 Å². The maximum Gasteiger partial charge on any atom is 0.307 e. The third kappa shape index (κ3) is 6.80. The molecule has 0 aliphatic carbocycles. The van der Waals surface area contributed by atoms with Gasteiger partial charge in [0, 0.05) is 19.2 Å². The van der Waals surface area contributed by atoms with Crippen molar-refractivity contribution < 1.29 is 14.3 Å². The summed E-state index contributed by atoms with van der Waals surface area (Å²) in [6.45, 7) is 9.17. The van der Waals surface area contributed by atoms with Gasteiger partial charge in [-0.25, -0.2) is 0 Å². The van der Waals surface area contributed by atoms with Gasteiger partial charge >= 0.3 is 5.97 Å². The summed E-state index contributed by atoms with van der Waals surface area (Å²) >= 11 is 0. The fourth-order valence-electron chi connectivity index (χ4n) is 1.51. The van der Waals surface area contributed by atoms with Crippen LogP contribution in [0.2, 0.25) is 0 Å². The fourth-order valence-corrected chi connectivity index (χ4v) is 1.51. The van der Waals surface area contributed by atoms with Crippen molar-refractivity contribution in [1.82, 2.24) is 5.32 Å². The van der Waals surface area contributed by atoms with Gasteiger partial charge in [-0.2, -0.15) is 0 Å². The van der Waals surface area contributed by atoms with Crippen molar-refractivity contribution in [3.05, 3.63) is 0 Å². The van der Waals surface area contributed by atoms with Crippen LogP contribution in [0.15, 0.2) is 0 Å². The van der Waals surface area contributed by atoms with Crippen LogP contribution in [0.5, 0.6) is 0 Å². The van der Waals surface area contributed by atoms with Gasteiger partial charge in [-0.1, -0.05) is 13.8 Å². The van der Waals surface area contributed by atoms with E-state index >= 15 is 0 Å². The number of rotatable bonds is 8. The molecule has 96 valence electrons. The molecule has 0 spiro atoms. The average Bonchev–Trinajstić information content (AvgIpc) is 2.16. The van der Waals surface area contributed by atoms with Gasteiger partial charge in [0.15, 0.2) is 0 Å². The van der Waals surface area contributed by atoms with Gasteiger partial charge in [0.2, 0.25) is 0 Å². The second kappa shape index (κ2) is 8.53. The minimum atomic E-state index is -0.151. The lowest BCUT2D eigenvalue weighted by Crippen LogP contribution is -2.43. The van der Waals surface area contributed by atoms with Crippen molar-refractivity contribution in [2.75, 3.05) is 20.3 Å². The largest absolute Gasteiger partial charge is 0.466 e. The SMILES string of the molecule is CCOC(=O)CC(C)NC(COC)C(C)C. The molecule has 0 amide bonds. The van der Waals surface area contributed by atoms with E-state index in [0.29, 0.717) is 25.6 Å². The topological polar surface area (TPSA) is 47.6 Å².